The molecule has 1 aromatic heterocycles. The Labute approximate surface area is 199 Å². The molecule has 0 saturated carbocycles. The summed E-state index contributed by atoms with van der Waals surface area (Å²) in [6, 6.07) is 16.6. The standard InChI is InChI=1S/C13H9N.C5H13N.C2H6.2Y/c1-2-6-12(7-3-1)9-10-13-8-4-5-11-14-13;1-5(2,3)6-4;1-2;;/h1-6,8-9,11H;6H,1-4H3;1-2H3;;/q-2;;;;. The van der Waals surface area contributed by atoms with Crippen molar-refractivity contribution in [3.8, 4) is 0 Å². The maximum Gasteiger partial charge on any atom is 0.0238 e. The number of aromatic nitrogens is 1. The first-order chi connectivity index (χ1) is 10.5. The summed E-state index contributed by atoms with van der Waals surface area (Å²) in [5, 5.41) is 3.10. The minimum absolute atomic E-state index is 0. The molecular weight excluding hydrogens is 446 g/mol. The predicted molar refractivity (Wildman–Crippen MR) is 96.5 cm³/mol. The van der Waals surface area contributed by atoms with Gasteiger partial charge in [-0.2, -0.15) is 18.2 Å². The quantitative estimate of drug-likeness (QED) is 0.635. The van der Waals surface area contributed by atoms with E-state index < -0.39 is 0 Å². The van der Waals surface area contributed by atoms with Crippen molar-refractivity contribution in [2.24, 2.45) is 0 Å². The molecule has 2 nitrogen and oxygen atoms in total. The molecule has 0 fully saturated rings. The largest absolute Gasteiger partial charge is 0.315 e. The topological polar surface area (TPSA) is 24.9 Å². The Bertz CT molecular complexity index is 465. The van der Waals surface area contributed by atoms with Gasteiger partial charge >= 0.3 is 0 Å². The molecule has 1 heterocycles. The van der Waals surface area contributed by atoms with Gasteiger partial charge in [-0.15, -0.1) is 18.2 Å². The molecule has 0 aliphatic rings. The summed E-state index contributed by atoms with van der Waals surface area (Å²) in [7, 11) is 1.96. The van der Waals surface area contributed by atoms with E-state index in [0.29, 0.717) is 5.54 Å². The van der Waals surface area contributed by atoms with Gasteiger partial charge in [0.05, 0.1) is 0 Å². The summed E-state index contributed by atoms with van der Waals surface area (Å²) < 4.78 is 0. The van der Waals surface area contributed by atoms with Gasteiger partial charge in [0.2, 0.25) is 0 Å². The van der Waals surface area contributed by atoms with Crippen molar-refractivity contribution in [1.82, 2.24) is 10.3 Å². The van der Waals surface area contributed by atoms with Gasteiger partial charge in [0.1, 0.15) is 0 Å². The van der Waals surface area contributed by atoms with E-state index in [0.717, 1.165) is 11.3 Å². The summed E-state index contributed by atoms with van der Waals surface area (Å²) in [6.45, 7) is 10.4. The first-order valence-corrected chi connectivity index (χ1v) is 7.68. The number of benzene rings is 1. The Kier molecular flexibility index (Phi) is 21.9. The molecule has 0 atom stereocenters. The Morgan fingerprint density at radius 1 is 1.04 bits per heavy atom. The van der Waals surface area contributed by atoms with Crippen LogP contribution >= 0.6 is 0 Å². The molecule has 1 N–H and O–H groups in total. The summed E-state index contributed by atoms with van der Waals surface area (Å²) in [4.78, 5) is 4.14. The first-order valence-electron chi connectivity index (χ1n) is 7.68. The van der Waals surface area contributed by atoms with E-state index in [1.54, 1.807) is 6.20 Å². The summed E-state index contributed by atoms with van der Waals surface area (Å²) in [5.74, 6) is 0. The second-order valence-electron chi connectivity index (χ2n) is 5.32. The van der Waals surface area contributed by atoms with E-state index in [4.69, 9.17) is 0 Å². The SMILES string of the molecule is CC.CNC(C)(C)C.[C-](=Cc1[c-]cccc1)c1ccccn1.[Y].[Y]. The Balaban J connectivity index is -0.000000383. The van der Waals surface area contributed by atoms with Gasteiger partial charge in [0.15, 0.2) is 0 Å². The molecule has 0 aliphatic heterocycles. The molecule has 4 heteroatoms. The number of hydrogen-bond donors (Lipinski definition) is 1. The molecular formula is C20H28N2Y2-2. The van der Waals surface area contributed by atoms with E-state index in [2.05, 4.69) is 43.2 Å². The molecule has 0 bridgehead atoms. The third-order valence-electron chi connectivity index (χ3n) is 2.52. The van der Waals surface area contributed by atoms with Crippen molar-refractivity contribution in [2.45, 2.75) is 40.2 Å². The number of rotatable bonds is 2. The monoisotopic (exact) mass is 474 g/mol. The number of nitrogens with one attached hydrogen (secondary N) is 1. The van der Waals surface area contributed by atoms with Crippen LogP contribution in [0, 0.1) is 12.1 Å². The Morgan fingerprint density at radius 3 is 2.04 bits per heavy atom. The van der Waals surface area contributed by atoms with Crippen LogP contribution in [0.4, 0.5) is 0 Å². The van der Waals surface area contributed by atoms with Crippen molar-refractivity contribution >= 4 is 6.08 Å². The zero-order chi connectivity index (χ0) is 16.8. The van der Waals surface area contributed by atoms with Crippen LogP contribution in [0.2, 0.25) is 0 Å². The molecule has 0 unspecified atom stereocenters. The van der Waals surface area contributed by atoms with Gasteiger partial charge in [0, 0.05) is 77.2 Å². The van der Waals surface area contributed by atoms with E-state index in [9.17, 15) is 0 Å². The van der Waals surface area contributed by atoms with Crippen molar-refractivity contribution < 1.29 is 65.4 Å². The van der Waals surface area contributed by atoms with Crippen LogP contribution in [-0.2, 0) is 65.4 Å². The van der Waals surface area contributed by atoms with Crippen molar-refractivity contribution in [2.75, 3.05) is 7.05 Å². The fraction of sp³-hybridized carbons (Fsp3) is 0.350. The van der Waals surface area contributed by atoms with Crippen molar-refractivity contribution in [3.05, 3.63) is 72.1 Å². The molecule has 2 aromatic rings. The van der Waals surface area contributed by atoms with E-state index in [-0.39, 0.29) is 65.4 Å². The molecule has 0 aliphatic carbocycles. The van der Waals surface area contributed by atoms with Crippen molar-refractivity contribution in [1.29, 1.82) is 0 Å². The van der Waals surface area contributed by atoms with E-state index in [1.165, 1.54) is 0 Å². The van der Waals surface area contributed by atoms with Crippen LogP contribution < -0.4 is 5.32 Å². The van der Waals surface area contributed by atoms with Crippen LogP contribution in [0.5, 0.6) is 0 Å². The van der Waals surface area contributed by atoms with E-state index >= 15 is 0 Å². The van der Waals surface area contributed by atoms with Crippen LogP contribution in [-0.4, -0.2) is 17.6 Å². The molecule has 2 radical (unpaired) electrons. The van der Waals surface area contributed by atoms with Crippen LogP contribution in [0.25, 0.3) is 6.08 Å². The average Bonchev–Trinajstić information content (AvgIpc) is 2.57. The maximum atomic E-state index is 4.14. The third-order valence-corrected chi connectivity index (χ3v) is 2.52. The second-order valence-corrected chi connectivity index (χ2v) is 5.32. The summed E-state index contributed by atoms with van der Waals surface area (Å²) in [6.07, 6.45) is 6.73. The fourth-order valence-corrected chi connectivity index (χ4v) is 1.10. The normalized spacial score (nSPS) is 9.42. The second kappa shape index (κ2) is 18.1. The minimum atomic E-state index is 0. The third kappa shape index (κ3) is 17.1. The van der Waals surface area contributed by atoms with Crippen LogP contribution in [0.3, 0.4) is 0 Å². The number of hydrogen-bond acceptors (Lipinski definition) is 2. The smallest absolute Gasteiger partial charge is 0.0238 e. The van der Waals surface area contributed by atoms with Gasteiger partial charge in [-0.25, -0.2) is 18.2 Å². The zero-order valence-corrected chi connectivity index (χ0v) is 21.5. The fourth-order valence-electron chi connectivity index (χ4n) is 1.10. The summed E-state index contributed by atoms with van der Waals surface area (Å²) >= 11 is 0. The molecule has 126 valence electrons. The molecule has 24 heavy (non-hydrogen) atoms. The maximum absolute atomic E-state index is 4.14. The van der Waals surface area contributed by atoms with Gasteiger partial charge in [0.25, 0.3) is 0 Å². The van der Waals surface area contributed by atoms with Crippen LogP contribution in [0.1, 0.15) is 45.9 Å². The molecule has 0 amide bonds. The van der Waals surface area contributed by atoms with Crippen molar-refractivity contribution in [3.63, 3.8) is 0 Å². The summed E-state index contributed by atoms with van der Waals surface area (Å²) in [5.41, 5.74) is 2.14. The van der Waals surface area contributed by atoms with Crippen LogP contribution in [0.15, 0.2) is 48.7 Å². The molecule has 2 rings (SSSR count). The molecule has 1 aromatic carbocycles. The average molecular weight is 474 g/mol. The zero-order valence-electron chi connectivity index (χ0n) is 15.8. The Morgan fingerprint density at radius 2 is 1.62 bits per heavy atom. The van der Waals surface area contributed by atoms with Gasteiger partial charge in [-0.1, -0.05) is 25.6 Å². The van der Waals surface area contributed by atoms with Gasteiger partial charge in [-0.3, -0.25) is 10.5 Å². The molecule has 0 spiro atoms. The van der Waals surface area contributed by atoms with Gasteiger partial charge < -0.3 is 5.32 Å². The Hall–Kier alpha value is 0.278. The van der Waals surface area contributed by atoms with Gasteiger partial charge in [-0.05, 0) is 27.8 Å². The first kappa shape index (κ1) is 29.1. The van der Waals surface area contributed by atoms with E-state index in [1.807, 2.05) is 69.4 Å². The number of pyridine rings is 1. The minimum Gasteiger partial charge on any atom is -0.315 e. The number of nitrogens with zero attached hydrogens (tertiary/aromatic N) is 1. The predicted octanol–water partition coefficient (Wildman–Crippen LogP) is 4.77. The molecule has 0 saturated heterocycles.